The summed E-state index contributed by atoms with van der Waals surface area (Å²) in [5, 5.41) is 3.05. The van der Waals surface area contributed by atoms with Crippen molar-refractivity contribution in [3.8, 4) is 0 Å². The van der Waals surface area contributed by atoms with Crippen molar-refractivity contribution in [1.29, 1.82) is 0 Å². The number of carbonyl (C=O) groups excluding carboxylic acids is 1. The first-order valence-corrected chi connectivity index (χ1v) is 10.2. The third kappa shape index (κ3) is 5.10. The SMILES string of the molecule is CSc1ccccc1C(=O)NCc1cccc(CN2CCCCC2)c1. The molecule has 1 fully saturated rings. The lowest BCUT2D eigenvalue weighted by Gasteiger charge is -2.26. The van der Waals surface area contributed by atoms with Gasteiger partial charge in [0.1, 0.15) is 0 Å². The lowest BCUT2D eigenvalue weighted by Crippen LogP contribution is -2.29. The molecule has 132 valence electrons. The molecule has 1 heterocycles. The molecule has 0 aromatic heterocycles. The molecule has 1 N–H and O–H groups in total. The van der Waals surface area contributed by atoms with Crippen molar-refractivity contribution in [2.45, 2.75) is 37.2 Å². The summed E-state index contributed by atoms with van der Waals surface area (Å²) in [7, 11) is 0. The summed E-state index contributed by atoms with van der Waals surface area (Å²) < 4.78 is 0. The van der Waals surface area contributed by atoms with Crippen LogP contribution in [0.1, 0.15) is 40.7 Å². The molecule has 0 saturated carbocycles. The quantitative estimate of drug-likeness (QED) is 0.784. The van der Waals surface area contributed by atoms with E-state index in [-0.39, 0.29) is 5.91 Å². The highest BCUT2D eigenvalue weighted by Crippen LogP contribution is 2.20. The first-order chi connectivity index (χ1) is 12.3. The van der Waals surface area contributed by atoms with Crippen molar-refractivity contribution in [3.05, 3.63) is 65.2 Å². The van der Waals surface area contributed by atoms with E-state index in [1.165, 1.54) is 37.9 Å². The zero-order valence-electron chi connectivity index (χ0n) is 14.8. The fourth-order valence-corrected chi connectivity index (χ4v) is 3.92. The number of amides is 1. The summed E-state index contributed by atoms with van der Waals surface area (Å²) in [5.41, 5.74) is 3.24. The van der Waals surface area contributed by atoms with E-state index in [2.05, 4.69) is 34.5 Å². The fourth-order valence-electron chi connectivity index (χ4n) is 3.32. The Morgan fingerprint density at radius 1 is 1.04 bits per heavy atom. The zero-order chi connectivity index (χ0) is 17.5. The van der Waals surface area contributed by atoms with Crippen LogP contribution in [0.3, 0.4) is 0 Å². The third-order valence-corrected chi connectivity index (χ3v) is 5.45. The normalized spacial score (nSPS) is 15.1. The number of hydrogen-bond acceptors (Lipinski definition) is 3. The molecule has 3 rings (SSSR count). The minimum absolute atomic E-state index is 0.00798. The Morgan fingerprint density at radius 2 is 1.80 bits per heavy atom. The maximum atomic E-state index is 12.5. The molecule has 3 nitrogen and oxygen atoms in total. The highest BCUT2D eigenvalue weighted by atomic mass is 32.2. The van der Waals surface area contributed by atoms with Crippen molar-refractivity contribution >= 4 is 17.7 Å². The van der Waals surface area contributed by atoms with Crippen molar-refractivity contribution < 1.29 is 4.79 Å². The van der Waals surface area contributed by atoms with Crippen molar-refractivity contribution in [1.82, 2.24) is 10.2 Å². The smallest absolute Gasteiger partial charge is 0.252 e. The topological polar surface area (TPSA) is 32.3 Å². The zero-order valence-corrected chi connectivity index (χ0v) is 15.6. The molecule has 0 atom stereocenters. The van der Waals surface area contributed by atoms with Gasteiger partial charge >= 0.3 is 0 Å². The first kappa shape index (κ1) is 18.0. The van der Waals surface area contributed by atoms with Crippen LogP contribution in [0.15, 0.2) is 53.4 Å². The Labute approximate surface area is 154 Å². The van der Waals surface area contributed by atoms with E-state index in [1.54, 1.807) is 11.8 Å². The number of thioether (sulfide) groups is 1. The van der Waals surface area contributed by atoms with Gasteiger partial charge in [0.15, 0.2) is 0 Å². The van der Waals surface area contributed by atoms with Crippen LogP contribution in [0.4, 0.5) is 0 Å². The van der Waals surface area contributed by atoms with Crippen LogP contribution in [-0.4, -0.2) is 30.2 Å². The van der Waals surface area contributed by atoms with E-state index in [9.17, 15) is 4.79 Å². The average molecular weight is 355 g/mol. The summed E-state index contributed by atoms with van der Waals surface area (Å²) in [6.07, 6.45) is 5.98. The van der Waals surface area contributed by atoms with E-state index < -0.39 is 0 Å². The molecule has 1 amide bonds. The van der Waals surface area contributed by atoms with Gasteiger partial charge in [0, 0.05) is 18.0 Å². The van der Waals surface area contributed by atoms with Crippen LogP contribution in [0, 0.1) is 0 Å². The van der Waals surface area contributed by atoms with Crippen molar-refractivity contribution in [2.75, 3.05) is 19.3 Å². The number of carbonyl (C=O) groups is 1. The van der Waals surface area contributed by atoms with E-state index in [1.807, 2.05) is 30.5 Å². The Kier molecular flexibility index (Phi) is 6.54. The van der Waals surface area contributed by atoms with Gasteiger partial charge in [-0.05, 0) is 55.4 Å². The van der Waals surface area contributed by atoms with Crippen LogP contribution >= 0.6 is 11.8 Å². The molecule has 0 unspecified atom stereocenters. The Hall–Kier alpha value is -1.78. The van der Waals surface area contributed by atoms with Gasteiger partial charge in [0.05, 0.1) is 5.56 Å². The minimum Gasteiger partial charge on any atom is -0.348 e. The number of likely N-dealkylation sites (tertiary alicyclic amines) is 1. The maximum Gasteiger partial charge on any atom is 0.252 e. The second-order valence-electron chi connectivity index (χ2n) is 6.54. The van der Waals surface area contributed by atoms with Crippen LogP contribution in [0.25, 0.3) is 0 Å². The van der Waals surface area contributed by atoms with E-state index in [0.29, 0.717) is 6.54 Å². The van der Waals surface area contributed by atoms with E-state index >= 15 is 0 Å². The van der Waals surface area contributed by atoms with E-state index in [0.717, 1.165) is 22.6 Å². The molecule has 0 aliphatic carbocycles. The van der Waals surface area contributed by atoms with E-state index in [4.69, 9.17) is 0 Å². The molecule has 1 aliphatic rings. The third-order valence-electron chi connectivity index (χ3n) is 4.65. The number of hydrogen-bond donors (Lipinski definition) is 1. The monoisotopic (exact) mass is 354 g/mol. The second kappa shape index (κ2) is 9.07. The van der Waals surface area contributed by atoms with Gasteiger partial charge in [-0.15, -0.1) is 11.8 Å². The lowest BCUT2D eigenvalue weighted by atomic mass is 10.1. The van der Waals surface area contributed by atoms with Gasteiger partial charge in [0.2, 0.25) is 0 Å². The van der Waals surface area contributed by atoms with Crippen molar-refractivity contribution in [3.63, 3.8) is 0 Å². The van der Waals surface area contributed by atoms with Gasteiger partial charge in [-0.2, -0.15) is 0 Å². The Balaban J connectivity index is 1.59. The van der Waals surface area contributed by atoms with Crippen molar-refractivity contribution in [2.24, 2.45) is 0 Å². The molecule has 0 bridgehead atoms. The highest BCUT2D eigenvalue weighted by Gasteiger charge is 2.12. The van der Waals surface area contributed by atoms with Gasteiger partial charge in [-0.3, -0.25) is 9.69 Å². The van der Waals surface area contributed by atoms with Gasteiger partial charge < -0.3 is 5.32 Å². The molecule has 0 radical (unpaired) electrons. The number of benzene rings is 2. The maximum absolute atomic E-state index is 12.5. The molecule has 1 saturated heterocycles. The summed E-state index contributed by atoms with van der Waals surface area (Å²) in [5.74, 6) is -0.00798. The molecule has 25 heavy (non-hydrogen) atoms. The molecular weight excluding hydrogens is 328 g/mol. The lowest BCUT2D eigenvalue weighted by molar-refractivity contribution is 0.0948. The molecule has 0 spiro atoms. The van der Waals surface area contributed by atoms with Crippen LogP contribution in [0.5, 0.6) is 0 Å². The Bertz CT molecular complexity index is 711. The summed E-state index contributed by atoms with van der Waals surface area (Å²) in [6.45, 7) is 3.98. The first-order valence-electron chi connectivity index (χ1n) is 8.97. The van der Waals surface area contributed by atoms with Gasteiger partial charge in [0.25, 0.3) is 5.91 Å². The van der Waals surface area contributed by atoms with Crippen LogP contribution in [0.2, 0.25) is 0 Å². The predicted molar refractivity (Wildman–Crippen MR) is 105 cm³/mol. The Morgan fingerprint density at radius 3 is 2.60 bits per heavy atom. The molecule has 2 aromatic rings. The molecule has 1 aliphatic heterocycles. The van der Waals surface area contributed by atoms with Gasteiger partial charge in [-0.25, -0.2) is 0 Å². The number of rotatable bonds is 6. The number of piperidine rings is 1. The fraction of sp³-hybridized carbons (Fsp3) is 0.381. The number of nitrogens with one attached hydrogen (secondary N) is 1. The summed E-state index contributed by atoms with van der Waals surface area (Å²) >= 11 is 1.60. The van der Waals surface area contributed by atoms with Crippen LogP contribution < -0.4 is 5.32 Å². The predicted octanol–water partition coefficient (Wildman–Crippen LogP) is 4.32. The second-order valence-corrected chi connectivity index (χ2v) is 7.39. The number of nitrogens with zero attached hydrogens (tertiary/aromatic N) is 1. The summed E-state index contributed by atoms with van der Waals surface area (Å²) in [6, 6.07) is 16.3. The summed E-state index contributed by atoms with van der Waals surface area (Å²) in [4.78, 5) is 16.0. The average Bonchev–Trinajstić information content (AvgIpc) is 2.67. The molecule has 4 heteroatoms. The van der Waals surface area contributed by atoms with Crippen LogP contribution in [-0.2, 0) is 13.1 Å². The largest absolute Gasteiger partial charge is 0.348 e. The molecule has 2 aromatic carbocycles. The minimum atomic E-state index is -0.00798. The molecular formula is C21H26N2OS. The van der Waals surface area contributed by atoms with Gasteiger partial charge in [-0.1, -0.05) is 42.8 Å². The standard InChI is InChI=1S/C21H26N2OS/c1-25-20-11-4-3-10-19(20)21(24)22-15-17-8-7-9-18(14-17)16-23-12-5-2-6-13-23/h3-4,7-11,14H,2,5-6,12-13,15-16H2,1H3,(H,22,24). The highest BCUT2D eigenvalue weighted by molar-refractivity contribution is 7.98.